The average molecular weight is 211 g/mol. The molecule has 0 saturated carbocycles. The molecule has 6 heteroatoms. The predicted molar refractivity (Wildman–Crippen MR) is 39.3 cm³/mol. The summed E-state index contributed by atoms with van der Waals surface area (Å²) in [6.45, 7) is -1.10. The molecule has 1 aromatic carbocycles. The molecule has 0 amide bonds. The lowest BCUT2D eigenvalue weighted by atomic mass is 10.1. The number of hydrogen-bond acceptors (Lipinski definition) is 1. The van der Waals surface area contributed by atoms with E-state index < -0.39 is 35.5 Å². The number of alkyl halides is 2. The van der Waals surface area contributed by atoms with Gasteiger partial charge in [-0.3, -0.25) is 0 Å². The maximum absolute atomic E-state index is 12.8. The van der Waals surface area contributed by atoms with Crippen molar-refractivity contribution < 1.29 is 22.0 Å². The van der Waals surface area contributed by atoms with Crippen molar-refractivity contribution in [3.63, 3.8) is 0 Å². The molecule has 2 N–H and O–H groups in total. The van der Waals surface area contributed by atoms with Gasteiger partial charge in [-0.15, -0.1) is 0 Å². The van der Waals surface area contributed by atoms with Crippen LogP contribution in [-0.4, -0.2) is 6.54 Å². The van der Waals surface area contributed by atoms with Gasteiger partial charge >= 0.3 is 0 Å². The van der Waals surface area contributed by atoms with Crippen LogP contribution in [0.2, 0.25) is 0 Å². The van der Waals surface area contributed by atoms with Crippen molar-refractivity contribution in [2.24, 2.45) is 5.73 Å². The van der Waals surface area contributed by atoms with E-state index in [-0.39, 0.29) is 12.1 Å². The second-order valence-electron chi connectivity index (χ2n) is 2.66. The maximum atomic E-state index is 12.8. The minimum atomic E-state index is -3.56. The predicted octanol–water partition coefficient (Wildman–Crippen LogP) is 2.15. The Morgan fingerprint density at radius 3 is 1.86 bits per heavy atom. The smallest absolute Gasteiger partial charge is 0.285 e. The molecule has 1 aromatic rings. The van der Waals surface area contributed by atoms with Crippen molar-refractivity contribution in [3.8, 4) is 0 Å². The van der Waals surface area contributed by atoms with E-state index in [2.05, 4.69) is 5.73 Å². The van der Waals surface area contributed by atoms with Crippen LogP contribution >= 0.6 is 0 Å². The highest BCUT2D eigenvalue weighted by atomic mass is 19.3. The number of hydrogen-bond donors (Lipinski definition) is 1. The zero-order valence-electron chi connectivity index (χ0n) is 6.83. The Balaban J connectivity index is 3.26. The van der Waals surface area contributed by atoms with Gasteiger partial charge in [0, 0.05) is 5.56 Å². The minimum absolute atomic E-state index is 0.227. The second kappa shape index (κ2) is 3.53. The molecule has 1 rings (SSSR count). The Morgan fingerprint density at radius 2 is 1.50 bits per heavy atom. The molecule has 78 valence electrons. The average Bonchev–Trinajstić information content (AvgIpc) is 2.13. The Labute approximate surface area is 76.3 Å². The molecular formula is C8H6F5N. The van der Waals surface area contributed by atoms with Crippen LogP contribution in [0.15, 0.2) is 12.1 Å². The van der Waals surface area contributed by atoms with Gasteiger partial charge < -0.3 is 5.73 Å². The van der Waals surface area contributed by atoms with Crippen LogP contribution in [0.4, 0.5) is 22.0 Å². The van der Waals surface area contributed by atoms with E-state index >= 15 is 0 Å². The quantitative estimate of drug-likeness (QED) is 0.588. The van der Waals surface area contributed by atoms with Gasteiger partial charge in [0.2, 0.25) is 0 Å². The highest BCUT2D eigenvalue weighted by Crippen LogP contribution is 2.28. The number of rotatable bonds is 2. The Kier molecular flexibility index (Phi) is 2.75. The van der Waals surface area contributed by atoms with Gasteiger partial charge in [0.05, 0.1) is 6.54 Å². The highest BCUT2D eigenvalue weighted by molar-refractivity contribution is 5.23. The zero-order chi connectivity index (χ0) is 10.9. The first kappa shape index (κ1) is 10.9. The van der Waals surface area contributed by atoms with E-state index in [1.165, 1.54) is 0 Å². The Bertz CT molecular complexity index is 327. The monoisotopic (exact) mass is 211 g/mol. The third kappa shape index (κ3) is 1.84. The largest absolute Gasteiger partial charge is 0.325 e. The molecule has 1 nitrogen and oxygen atoms in total. The summed E-state index contributed by atoms with van der Waals surface area (Å²) in [5, 5.41) is 0. The van der Waals surface area contributed by atoms with Crippen LogP contribution < -0.4 is 5.73 Å². The van der Waals surface area contributed by atoms with Gasteiger partial charge in [0.15, 0.2) is 17.5 Å². The lowest BCUT2D eigenvalue weighted by Crippen LogP contribution is -2.25. The number of halogens is 5. The Hall–Kier alpha value is -1.17. The van der Waals surface area contributed by atoms with E-state index in [4.69, 9.17) is 0 Å². The third-order valence-electron chi connectivity index (χ3n) is 1.66. The van der Waals surface area contributed by atoms with Gasteiger partial charge in [0.25, 0.3) is 5.92 Å². The molecule has 0 unspecified atom stereocenters. The van der Waals surface area contributed by atoms with Gasteiger partial charge in [0.1, 0.15) is 0 Å². The van der Waals surface area contributed by atoms with Crippen molar-refractivity contribution in [2.75, 3.05) is 6.54 Å². The van der Waals surface area contributed by atoms with Crippen molar-refractivity contribution in [1.29, 1.82) is 0 Å². The summed E-state index contributed by atoms with van der Waals surface area (Å²) in [5.41, 5.74) is 3.71. The SMILES string of the molecule is NCC(F)(F)c1cc(F)c(F)c(F)c1. The van der Waals surface area contributed by atoms with Crippen LogP contribution in [0.1, 0.15) is 5.56 Å². The molecule has 0 heterocycles. The van der Waals surface area contributed by atoms with Gasteiger partial charge in [-0.2, -0.15) is 8.78 Å². The summed E-state index contributed by atoms with van der Waals surface area (Å²) in [5.74, 6) is -8.65. The topological polar surface area (TPSA) is 26.0 Å². The maximum Gasteiger partial charge on any atom is 0.285 e. The lowest BCUT2D eigenvalue weighted by molar-refractivity contribution is 0.00516. The summed E-state index contributed by atoms with van der Waals surface area (Å²) in [7, 11) is 0. The Morgan fingerprint density at radius 1 is 1.07 bits per heavy atom. The van der Waals surface area contributed by atoms with Gasteiger partial charge in [-0.1, -0.05) is 0 Å². The molecule has 0 bridgehead atoms. The lowest BCUT2D eigenvalue weighted by Gasteiger charge is -2.14. The third-order valence-corrected chi connectivity index (χ3v) is 1.66. The molecule has 0 spiro atoms. The van der Waals surface area contributed by atoms with Crippen LogP contribution in [0.3, 0.4) is 0 Å². The van der Waals surface area contributed by atoms with E-state index in [9.17, 15) is 22.0 Å². The van der Waals surface area contributed by atoms with E-state index in [0.29, 0.717) is 0 Å². The fraction of sp³-hybridized carbons (Fsp3) is 0.250. The van der Waals surface area contributed by atoms with Gasteiger partial charge in [-0.25, -0.2) is 13.2 Å². The summed E-state index contributed by atoms with van der Waals surface area (Å²) < 4.78 is 63.0. The molecule has 14 heavy (non-hydrogen) atoms. The van der Waals surface area contributed by atoms with Crippen LogP contribution in [0, 0.1) is 17.5 Å². The molecule has 0 saturated heterocycles. The summed E-state index contributed by atoms with van der Waals surface area (Å²) >= 11 is 0. The second-order valence-corrected chi connectivity index (χ2v) is 2.66. The van der Waals surface area contributed by atoms with Crippen molar-refractivity contribution in [3.05, 3.63) is 35.1 Å². The fourth-order valence-corrected chi connectivity index (χ4v) is 0.885. The van der Waals surface area contributed by atoms with E-state index in [1.54, 1.807) is 0 Å². The normalized spacial score (nSPS) is 11.9. The van der Waals surface area contributed by atoms with Crippen LogP contribution in [-0.2, 0) is 5.92 Å². The standard InChI is InChI=1S/C8H6F5N/c9-5-1-4(8(12,13)3-14)2-6(10)7(5)11/h1-2H,3,14H2. The van der Waals surface area contributed by atoms with Crippen molar-refractivity contribution in [1.82, 2.24) is 0 Å². The molecular weight excluding hydrogens is 205 g/mol. The molecule has 0 aliphatic carbocycles. The zero-order valence-corrected chi connectivity index (χ0v) is 6.83. The first-order valence-corrected chi connectivity index (χ1v) is 3.61. The first-order valence-electron chi connectivity index (χ1n) is 3.61. The molecule has 0 fully saturated rings. The number of nitrogens with two attached hydrogens (primary N) is 1. The summed E-state index contributed by atoms with van der Waals surface area (Å²) in [4.78, 5) is 0. The first-order chi connectivity index (χ1) is 6.38. The van der Waals surface area contributed by atoms with Gasteiger partial charge in [-0.05, 0) is 12.1 Å². The van der Waals surface area contributed by atoms with Crippen LogP contribution in [0.25, 0.3) is 0 Å². The molecule has 0 aromatic heterocycles. The summed E-state index contributed by atoms with van der Waals surface area (Å²) in [6, 6.07) is 0.455. The van der Waals surface area contributed by atoms with E-state index in [1.807, 2.05) is 0 Å². The fourth-order valence-electron chi connectivity index (χ4n) is 0.885. The molecule has 0 radical (unpaired) electrons. The van der Waals surface area contributed by atoms with Crippen molar-refractivity contribution >= 4 is 0 Å². The van der Waals surface area contributed by atoms with Crippen LogP contribution in [0.5, 0.6) is 0 Å². The minimum Gasteiger partial charge on any atom is -0.325 e. The number of benzene rings is 1. The van der Waals surface area contributed by atoms with Crippen molar-refractivity contribution in [2.45, 2.75) is 5.92 Å². The molecule has 0 aliphatic heterocycles. The molecule has 0 atom stereocenters. The molecule has 0 aliphatic rings. The summed E-state index contributed by atoms with van der Waals surface area (Å²) in [6.07, 6.45) is 0. The highest BCUT2D eigenvalue weighted by Gasteiger charge is 2.31. The van der Waals surface area contributed by atoms with E-state index in [0.717, 1.165) is 0 Å².